The van der Waals surface area contributed by atoms with Crippen LogP contribution in [0.1, 0.15) is 11.7 Å². The van der Waals surface area contributed by atoms with Gasteiger partial charge in [-0.1, -0.05) is 22.8 Å². The molecule has 1 amide bonds. The number of aromatic amines is 1. The number of H-pyrrole nitrogens is 1. The summed E-state index contributed by atoms with van der Waals surface area (Å²) in [7, 11) is 0. The van der Waals surface area contributed by atoms with Gasteiger partial charge in [-0.05, 0) is 23.8 Å². The van der Waals surface area contributed by atoms with Crippen molar-refractivity contribution < 1.29 is 23.6 Å². The van der Waals surface area contributed by atoms with Crippen LogP contribution in [0, 0.1) is 11.7 Å². The van der Waals surface area contributed by atoms with Gasteiger partial charge < -0.3 is 19.3 Å². The summed E-state index contributed by atoms with van der Waals surface area (Å²) in [6.45, 7) is 0.357. The second-order valence-electron chi connectivity index (χ2n) is 7.31. The van der Waals surface area contributed by atoms with Crippen molar-refractivity contribution in [2.45, 2.75) is 12.6 Å². The van der Waals surface area contributed by atoms with E-state index in [2.05, 4.69) is 14.7 Å². The summed E-state index contributed by atoms with van der Waals surface area (Å²) in [6.07, 6.45) is -0.331. The molecule has 12 heteroatoms. The van der Waals surface area contributed by atoms with E-state index >= 15 is 0 Å². The molecule has 0 aliphatic carbocycles. The average Bonchev–Trinajstić information content (AvgIpc) is 3.07. The lowest BCUT2D eigenvalue weighted by atomic mass is 9.94. The Morgan fingerprint density at radius 1 is 1.31 bits per heavy atom. The van der Waals surface area contributed by atoms with E-state index in [1.54, 1.807) is 6.07 Å². The Hall–Kier alpha value is -3.44. The normalized spacial score (nSPS) is 19.0. The van der Waals surface area contributed by atoms with E-state index in [1.807, 2.05) is 0 Å². The van der Waals surface area contributed by atoms with Gasteiger partial charge >= 0.3 is 11.8 Å². The van der Waals surface area contributed by atoms with Crippen molar-refractivity contribution in [3.63, 3.8) is 0 Å². The second kappa shape index (κ2) is 8.97. The van der Waals surface area contributed by atoms with E-state index in [0.717, 1.165) is 0 Å². The van der Waals surface area contributed by atoms with Crippen molar-refractivity contribution in [3.05, 3.63) is 73.8 Å². The van der Waals surface area contributed by atoms with Crippen molar-refractivity contribution in [3.8, 4) is 11.4 Å². The fraction of sp³-hybridized carbons (Fsp3) is 0.300. The number of pyridine rings is 1. The summed E-state index contributed by atoms with van der Waals surface area (Å²) in [5, 5.41) is 13.1. The van der Waals surface area contributed by atoms with Crippen LogP contribution in [0.4, 0.5) is 9.18 Å². The van der Waals surface area contributed by atoms with E-state index in [4.69, 9.17) is 16.3 Å². The maximum Gasteiger partial charge on any atom is 0.439 e. The molecule has 1 aromatic carbocycles. The second-order valence-corrected chi connectivity index (χ2v) is 7.71. The summed E-state index contributed by atoms with van der Waals surface area (Å²) in [5.74, 6) is -1.75. The zero-order chi connectivity index (χ0) is 22.8. The highest BCUT2D eigenvalue weighted by atomic mass is 35.5. The van der Waals surface area contributed by atoms with Gasteiger partial charge in [-0.2, -0.15) is 0 Å². The topological polar surface area (TPSA) is 131 Å². The molecule has 1 fully saturated rings. The molecular weight excluding hydrogens is 447 g/mol. The third kappa shape index (κ3) is 4.58. The van der Waals surface area contributed by atoms with Crippen LogP contribution in [0.2, 0.25) is 5.02 Å². The Kier molecular flexibility index (Phi) is 6.10. The predicted octanol–water partition coefficient (Wildman–Crippen LogP) is 2.35. The molecule has 0 radical (unpaired) electrons. The first-order valence-electron chi connectivity index (χ1n) is 9.63. The average molecular weight is 465 g/mol. The van der Waals surface area contributed by atoms with Gasteiger partial charge in [-0.3, -0.25) is 14.3 Å². The van der Waals surface area contributed by atoms with Crippen molar-refractivity contribution in [1.82, 2.24) is 19.6 Å². The summed E-state index contributed by atoms with van der Waals surface area (Å²) in [4.78, 5) is 39.0. The van der Waals surface area contributed by atoms with Crippen LogP contribution in [0.5, 0.6) is 0 Å². The van der Waals surface area contributed by atoms with Crippen molar-refractivity contribution >= 4 is 17.7 Å². The molecule has 2 atom stereocenters. The molecular formula is C20H18ClFN4O6. The largest absolute Gasteiger partial charge is 0.465 e. The maximum absolute atomic E-state index is 14.1. The van der Waals surface area contributed by atoms with Crippen molar-refractivity contribution in [2.75, 3.05) is 19.7 Å². The number of hydrogen-bond acceptors (Lipinski definition) is 6. The third-order valence-electron chi connectivity index (χ3n) is 5.21. The minimum Gasteiger partial charge on any atom is -0.465 e. The van der Waals surface area contributed by atoms with Gasteiger partial charge in [0, 0.05) is 43.4 Å². The number of carboxylic acid groups (broad SMARTS) is 1. The summed E-state index contributed by atoms with van der Waals surface area (Å²) in [6, 6.07) is 7.03. The number of carbonyl (C=O) groups is 1. The Morgan fingerprint density at radius 2 is 2.12 bits per heavy atom. The van der Waals surface area contributed by atoms with E-state index in [1.165, 1.54) is 39.9 Å². The number of nitrogens with zero attached hydrogens (tertiary/aromatic N) is 3. The Labute approximate surface area is 184 Å². The molecule has 3 heterocycles. The van der Waals surface area contributed by atoms with Crippen LogP contribution in [-0.2, 0) is 11.3 Å². The Balaban J connectivity index is 1.71. The summed E-state index contributed by atoms with van der Waals surface area (Å²) in [5.41, 5.74) is 0.551. The summed E-state index contributed by atoms with van der Waals surface area (Å²) < 4.78 is 25.9. The monoisotopic (exact) mass is 464 g/mol. The number of hydrogen-bond donors (Lipinski definition) is 2. The molecule has 168 valence electrons. The number of rotatable bonds is 4. The third-order valence-corrected chi connectivity index (χ3v) is 5.52. The van der Waals surface area contributed by atoms with Gasteiger partial charge in [0.05, 0.1) is 17.7 Å². The molecule has 3 aromatic rings. The molecule has 10 nitrogen and oxygen atoms in total. The highest BCUT2D eigenvalue weighted by molar-refractivity contribution is 6.30. The fourth-order valence-electron chi connectivity index (χ4n) is 3.70. The van der Waals surface area contributed by atoms with Crippen LogP contribution in [0.3, 0.4) is 0 Å². The van der Waals surface area contributed by atoms with Crippen molar-refractivity contribution in [1.29, 1.82) is 0 Å². The van der Waals surface area contributed by atoms with Crippen molar-refractivity contribution in [2.24, 2.45) is 5.92 Å². The first kappa shape index (κ1) is 21.8. The summed E-state index contributed by atoms with van der Waals surface area (Å²) >= 11 is 5.79. The van der Waals surface area contributed by atoms with E-state index in [0.29, 0.717) is 11.1 Å². The number of aromatic nitrogens is 3. The Morgan fingerprint density at radius 3 is 2.81 bits per heavy atom. The molecule has 1 saturated heterocycles. The van der Waals surface area contributed by atoms with E-state index < -0.39 is 29.7 Å². The van der Waals surface area contributed by atoms with Crippen LogP contribution >= 0.6 is 11.6 Å². The first-order chi connectivity index (χ1) is 15.3. The molecule has 32 heavy (non-hydrogen) atoms. The number of nitrogens with one attached hydrogen (secondary N) is 1. The lowest BCUT2D eigenvalue weighted by molar-refractivity contribution is 0.0249. The van der Waals surface area contributed by atoms with E-state index in [-0.39, 0.29) is 42.6 Å². The number of ether oxygens (including phenoxy) is 1. The molecule has 2 aromatic heterocycles. The Bertz CT molecular complexity index is 1260. The molecule has 0 spiro atoms. The van der Waals surface area contributed by atoms with Gasteiger partial charge in [0.2, 0.25) is 0 Å². The number of benzene rings is 1. The molecule has 4 rings (SSSR count). The molecule has 1 aliphatic heterocycles. The smallest absolute Gasteiger partial charge is 0.439 e. The number of amides is 1. The quantitative estimate of drug-likeness (QED) is 0.606. The van der Waals surface area contributed by atoms with Gasteiger partial charge in [0.15, 0.2) is 5.82 Å². The van der Waals surface area contributed by atoms with Crippen LogP contribution < -0.4 is 11.3 Å². The van der Waals surface area contributed by atoms with Gasteiger partial charge in [0.25, 0.3) is 5.56 Å². The highest BCUT2D eigenvalue weighted by Gasteiger charge is 2.32. The predicted molar refractivity (Wildman–Crippen MR) is 110 cm³/mol. The minimum absolute atomic E-state index is 0.0448. The molecule has 0 unspecified atom stereocenters. The zero-order valence-corrected chi connectivity index (χ0v) is 17.3. The maximum atomic E-state index is 14.1. The molecule has 0 saturated carbocycles. The van der Waals surface area contributed by atoms with Gasteiger partial charge in [-0.25, -0.2) is 14.0 Å². The minimum atomic E-state index is -1.12. The van der Waals surface area contributed by atoms with Gasteiger partial charge in [0.1, 0.15) is 5.82 Å². The zero-order valence-electron chi connectivity index (χ0n) is 16.5. The fourth-order valence-corrected chi connectivity index (χ4v) is 3.82. The molecule has 1 aliphatic rings. The number of halogens is 2. The molecule has 2 N–H and O–H groups in total. The SMILES string of the molecule is O=C(O)N1CCO[C@@H](c2ccc(Cl)c(F)c2)[C@H](Cn2cc(-c3noc(=O)[nH]3)ccc2=O)C1. The first-order valence-corrected chi connectivity index (χ1v) is 10.0. The molecule has 0 bridgehead atoms. The lowest BCUT2D eigenvalue weighted by Gasteiger charge is -2.27. The standard InChI is InChI=1S/C20H18ClFN4O6/c21-14-3-1-11(7-15(14)22)17-13(9-25(20(29)30)5-6-31-17)10-26-8-12(2-4-16(26)27)18-23-19(28)32-24-18/h1-4,7-8,13,17H,5-6,9-10H2,(H,29,30)(H,23,24,28)/t13-,17-/m0/s1. The van der Waals surface area contributed by atoms with Crippen LogP contribution in [0.25, 0.3) is 11.4 Å². The van der Waals surface area contributed by atoms with Gasteiger partial charge in [-0.15, -0.1) is 0 Å². The highest BCUT2D eigenvalue weighted by Crippen LogP contribution is 2.32. The van der Waals surface area contributed by atoms with Crippen LogP contribution in [-0.4, -0.2) is 50.5 Å². The van der Waals surface area contributed by atoms with E-state index in [9.17, 15) is 23.9 Å². The lowest BCUT2D eigenvalue weighted by Crippen LogP contribution is -2.37. The van der Waals surface area contributed by atoms with Crippen LogP contribution in [0.15, 0.2) is 50.6 Å².